The lowest BCUT2D eigenvalue weighted by Gasteiger charge is -2.08. The van der Waals surface area contributed by atoms with Crippen molar-refractivity contribution < 1.29 is 4.79 Å². The first-order chi connectivity index (χ1) is 8.17. The minimum atomic E-state index is -0.443. The smallest absolute Gasteiger partial charge is 0.284 e. The van der Waals surface area contributed by atoms with E-state index in [-0.39, 0.29) is 5.69 Å². The second kappa shape index (κ2) is 6.78. The summed E-state index contributed by atoms with van der Waals surface area (Å²) in [6.07, 6.45) is 1.68. The van der Waals surface area contributed by atoms with Crippen molar-refractivity contribution >= 4 is 39.7 Å². The van der Waals surface area contributed by atoms with Gasteiger partial charge in [-0.2, -0.15) is 0 Å². The molecule has 0 aliphatic rings. The van der Waals surface area contributed by atoms with Crippen LogP contribution in [0.3, 0.4) is 0 Å². The van der Waals surface area contributed by atoms with Crippen molar-refractivity contribution in [2.45, 2.75) is 0 Å². The van der Waals surface area contributed by atoms with Gasteiger partial charge in [0.25, 0.3) is 5.91 Å². The molecule has 0 unspecified atom stereocenters. The first-order valence-corrected chi connectivity index (χ1v) is 5.83. The summed E-state index contributed by atoms with van der Waals surface area (Å²) in [6, 6.07) is 0. The number of rotatable bonds is 5. The van der Waals surface area contributed by atoms with Crippen LogP contribution in [0.25, 0.3) is 0 Å². The number of carbonyl (C=O) groups excluding carboxylic acids is 1. The number of nitrogen functional groups attached to an aromatic ring is 1. The molecule has 0 saturated carbocycles. The maximum absolute atomic E-state index is 11.1. The monoisotopic (exact) mass is 272 g/mol. The van der Waals surface area contributed by atoms with Crippen LogP contribution < -0.4 is 27.4 Å². The van der Waals surface area contributed by atoms with Crippen molar-refractivity contribution in [1.82, 2.24) is 21.2 Å². The third kappa shape index (κ3) is 4.34. The Bertz CT molecular complexity index is 418. The van der Waals surface area contributed by atoms with Crippen LogP contribution in [0, 0.1) is 0 Å². The maximum Gasteiger partial charge on any atom is 0.284 e. The van der Waals surface area contributed by atoms with Gasteiger partial charge in [-0.15, -0.1) is 17.9 Å². The van der Waals surface area contributed by atoms with Crippen LogP contribution in [0.4, 0.5) is 5.13 Å². The van der Waals surface area contributed by atoms with E-state index in [0.717, 1.165) is 0 Å². The number of thiazole rings is 1. The first kappa shape index (κ1) is 13.4. The fourth-order valence-electron chi connectivity index (χ4n) is 0.829. The van der Waals surface area contributed by atoms with Crippen molar-refractivity contribution in [2.24, 2.45) is 5.84 Å². The summed E-state index contributed by atoms with van der Waals surface area (Å²) in [7, 11) is 0. The summed E-state index contributed by atoms with van der Waals surface area (Å²) in [5, 5.41) is 5.35. The molecular formula is C8H12N6OS2. The number of nitrogens with one attached hydrogen (secondary N) is 4. The number of carbonyl (C=O) groups is 1. The number of anilines is 1. The fraction of sp³-hybridized carbons (Fsp3) is 0.125. The normalized spacial score (nSPS) is 9.24. The Labute approximate surface area is 107 Å². The highest BCUT2D eigenvalue weighted by Gasteiger charge is 2.08. The topological polar surface area (TPSA) is 104 Å². The van der Waals surface area contributed by atoms with E-state index in [9.17, 15) is 4.79 Å². The number of thiocarbonyl (C=S) groups is 1. The fourth-order valence-corrected chi connectivity index (χ4v) is 1.61. The molecule has 6 N–H and O–H groups in total. The third-order valence-corrected chi connectivity index (χ3v) is 2.56. The standard InChI is InChI=1S/C8H12N6OS2/c1-2-3-10-7(16)13-14-8-11-5(4-17-8)6(15)12-9/h2,4H,1,3,9H2,(H,11,14)(H,12,15)(H2,10,13,16). The zero-order chi connectivity index (χ0) is 12.7. The Morgan fingerprint density at radius 1 is 1.71 bits per heavy atom. The summed E-state index contributed by atoms with van der Waals surface area (Å²) in [6.45, 7) is 4.11. The zero-order valence-corrected chi connectivity index (χ0v) is 10.5. The van der Waals surface area contributed by atoms with Gasteiger partial charge in [0.2, 0.25) is 5.13 Å². The molecule has 1 heterocycles. The molecule has 0 aliphatic heterocycles. The molecule has 92 valence electrons. The Morgan fingerprint density at radius 3 is 3.12 bits per heavy atom. The van der Waals surface area contributed by atoms with Gasteiger partial charge in [0.05, 0.1) is 0 Å². The molecule has 0 saturated heterocycles. The Kier molecular flexibility index (Phi) is 5.33. The number of nitrogens with two attached hydrogens (primary N) is 1. The Morgan fingerprint density at radius 2 is 2.47 bits per heavy atom. The molecule has 0 atom stereocenters. The molecular weight excluding hydrogens is 260 g/mol. The van der Waals surface area contributed by atoms with Gasteiger partial charge in [-0.1, -0.05) is 6.08 Å². The van der Waals surface area contributed by atoms with Crippen molar-refractivity contribution in [2.75, 3.05) is 12.0 Å². The van der Waals surface area contributed by atoms with Gasteiger partial charge in [-0.05, 0) is 12.2 Å². The van der Waals surface area contributed by atoms with Gasteiger partial charge in [-0.3, -0.25) is 21.1 Å². The highest BCUT2D eigenvalue weighted by molar-refractivity contribution is 7.80. The maximum atomic E-state index is 11.1. The lowest BCUT2D eigenvalue weighted by Crippen LogP contribution is -2.38. The van der Waals surface area contributed by atoms with Crippen molar-refractivity contribution in [3.63, 3.8) is 0 Å². The molecule has 0 radical (unpaired) electrons. The van der Waals surface area contributed by atoms with Crippen LogP contribution in [-0.2, 0) is 0 Å². The molecule has 0 spiro atoms. The molecule has 17 heavy (non-hydrogen) atoms. The molecule has 1 amide bonds. The molecule has 0 fully saturated rings. The van der Waals surface area contributed by atoms with Crippen LogP contribution in [-0.4, -0.2) is 22.5 Å². The van der Waals surface area contributed by atoms with Crippen LogP contribution in [0.2, 0.25) is 0 Å². The molecule has 7 nitrogen and oxygen atoms in total. The number of nitrogens with zero attached hydrogens (tertiary/aromatic N) is 1. The average Bonchev–Trinajstić information content (AvgIpc) is 2.81. The summed E-state index contributed by atoms with van der Waals surface area (Å²) in [5.74, 6) is 4.54. The number of hydrogen-bond donors (Lipinski definition) is 5. The molecule has 0 aliphatic carbocycles. The van der Waals surface area contributed by atoms with Crippen LogP contribution in [0.15, 0.2) is 18.0 Å². The van der Waals surface area contributed by atoms with Crippen molar-refractivity contribution in [3.8, 4) is 0 Å². The molecule has 0 bridgehead atoms. The predicted octanol–water partition coefficient (Wildman–Crippen LogP) is -0.276. The van der Waals surface area contributed by atoms with Gasteiger partial charge in [0.1, 0.15) is 5.69 Å². The van der Waals surface area contributed by atoms with Crippen LogP contribution in [0.1, 0.15) is 10.5 Å². The number of aromatic nitrogens is 1. The minimum absolute atomic E-state index is 0.242. The third-order valence-electron chi connectivity index (χ3n) is 1.56. The number of amides is 1. The second-order valence-corrected chi connectivity index (χ2v) is 4.03. The van der Waals surface area contributed by atoms with Gasteiger partial charge >= 0.3 is 0 Å². The molecule has 1 rings (SSSR count). The largest absolute Gasteiger partial charge is 0.358 e. The van der Waals surface area contributed by atoms with E-state index >= 15 is 0 Å². The predicted molar refractivity (Wildman–Crippen MR) is 71.3 cm³/mol. The molecule has 1 aromatic heterocycles. The van der Waals surface area contributed by atoms with E-state index in [4.69, 9.17) is 18.1 Å². The van der Waals surface area contributed by atoms with Gasteiger partial charge in [0, 0.05) is 11.9 Å². The lowest BCUT2D eigenvalue weighted by molar-refractivity contribution is 0.0949. The quantitative estimate of drug-likeness (QED) is 0.165. The highest BCUT2D eigenvalue weighted by atomic mass is 32.1. The summed E-state index contributed by atoms with van der Waals surface area (Å²) >= 11 is 6.20. The van der Waals surface area contributed by atoms with Crippen LogP contribution in [0.5, 0.6) is 0 Å². The summed E-state index contributed by atoms with van der Waals surface area (Å²) in [4.78, 5) is 15.1. The second-order valence-electron chi connectivity index (χ2n) is 2.76. The highest BCUT2D eigenvalue weighted by Crippen LogP contribution is 2.13. The Balaban J connectivity index is 2.42. The summed E-state index contributed by atoms with van der Waals surface area (Å²) in [5.41, 5.74) is 7.70. The van der Waals surface area contributed by atoms with E-state index < -0.39 is 5.91 Å². The van der Waals surface area contributed by atoms with Gasteiger partial charge in [0.15, 0.2) is 5.11 Å². The van der Waals surface area contributed by atoms with E-state index in [1.54, 1.807) is 11.5 Å². The van der Waals surface area contributed by atoms with Crippen LogP contribution >= 0.6 is 23.6 Å². The zero-order valence-electron chi connectivity index (χ0n) is 8.82. The minimum Gasteiger partial charge on any atom is -0.358 e. The van der Waals surface area contributed by atoms with Crippen molar-refractivity contribution in [1.29, 1.82) is 0 Å². The van der Waals surface area contributed by atoms with E-state index in [1.807, 2.05) is 5.43 Å². The number of hydrogen-bond acceptors (Lipinski definition) is 6. The average molecular weight is 272 g/mol. The molecule has 9 heteroatoms. The molecule has 1 aromatic rings. The lowest BCUT2D eigenvalue weighted by atomic mass is 10.5. The SMILES string of the molecule is C=CCNC(=S)NNc1nc(C(=O)NN)cs1. The van der Waals surface area contributed by atoms with E-state index in [1.165, 1.54) is 11.3 Å². The Hall–Kier alpha value is -1.71. The van der Waals surface area contributed by atoms with E-state index in [0.29, 0.717) is 16.8 Å². The van der Waals surface area contributed by atoms with Gasteiger partial charge < -0.3 is 5.32 Å². The van der Waals surface area contributed by atoms with Gasteiger partial charge in [-0.25, -0.2) is 10.8 Å². The molecule has 0 aromatic carbocycles. The first-order valence-electron chi connectivity index (χ1n) is 4.54. The van der Waals surface area contributed by atoms with Crippen molar-refractivity contribution in [3.05, 3.63) is 23.7 Å². The number of hydrazine groups is 2. The van der Waals surface area contributed by atoms with E-state index in [2.05, 4.69) is 27.7 Å². The summed E-state index contributed by atoms with van der Waals surface area (Å²) < 4.78 is 0.